The number of hydrogen-bond acceptors (Lipinski definition) is 2. The number of hydrogen-bond donors (Lipinski definition) is 1. The van der Waals surface area contributed by atoms with Crippen molar-refractivity contribution in [1.82, 2.24) is 4.90 Å². The minimum absolute atomic E-state index is 0.594. The molecule has 4 heteroatoms. The van der Waals surface area contributed by atoms with Crippen molar-refractivity contribution in [2.75, 3.05) is 13.1 Å². The Labute approximate surface area is 106 Å². The van der Waals surface area contributed by atoms with E-state index in [1.807, 2.05) is 6.92 Å². The first-order chi connectivity index (χ1) is 8.46. The molecular formula is C14H19F2NO. The van der Waals surface area contributed by atoms with Crippen molar-refractivity contribution in [1.29, 1.82) is 0 Å². The predicted octanol–water partition coefficient (Wildman–Crippen LogP) is 2.70. The third kappa shape index (κ3) is 3.50. The Kier molecular flexibility index (Phi) is 3.97. The van der Waals surface area contributed by atoms with Gasteiger partial charge in [0.2, 0.25) is 0 Å². The van der Waals surface area contributed by atoms with Crippen LogP contribution in [-0.2, 0) is 6.54 Å². The molecule has 2 nitrogen and oxygen atoms in total. The Morgan fingerprint density at radius 2 is 2.00 bits per heavy atom. The molecule has 100 valence electrons. The monoisotopic (exact) mass is 255 g/mol. The predicted molar refractivity (Wildman–Crippen MR) is 66.1 cm³/mol. The van der Waals surface area contributed by atoms with E-state index in [0.29, 0.717) is 6.54 Å². The lowest BCUT2D eigenvalue weighted by Gasteiger charge is -2.22. The van der Waals surface area contributed by atoms with Crippen molar-refractivity contribution in [3.05, 3.63) is 35.4 Å². The molecule has 1 N–H and O–H groups in total. The van der Waals surface area contributed by atoms with Crippen molar-refractivity contribution in [3.63, 3.8) is 0 Å². The van der Waals surface area contributed by atoms with Gasteiger partial charge in [-0.05, 0) is 50.4 Å². The van der Waals surface area contributed by atoms with Crippen LogP contribution in [0, 0.1) is 11.6 Å². The molecular weight excluding hydrogens is 236 g/mol. The fourth-order valence-electron chi connectivity index (χ4n) is 2.37. The second-order valence-corrected chi connectivity index (χ2v) is 5.38. The summed E-state index contributed by atoms with van der Waals surface area (Å²) in [4.78, 5) is 2.17. The summed E-state index contributed by atoms with van der Waals surface area (Å²) in [5.74, 6) is -1.60. The van der Waals surface area contributed by atoms with E-state index in [-0.39, 0.29) is 0 Å². The number of rotatable bonds is 2. The maximum atomic E-state index is 13.1. The highest BCUT2D eigenvalue weighted by atomic mass is 19.2. The lowest BCUT2D eigenvalue weighted by Crippen LogP contribution is -2.28. The highest BCUT2D eigenvalue weighted by molar-refractivity contribution is 5.17. The number of aliphatic hydroxyl groups is 1. The number of nitrogens with zero attached hydrogens (tertiary/aromatic N) is 1. The molecule has 0 saturated carbocycles. The van der Waals surface area contributed by atoms with E-state index in [1.165, 1.54) is 12.1 Å². The van der Waals surface area contributed by atoms with Crippen LogP contribution in [0.25, 0.3) is 0 Å². The van der Waals surface area contributed by atoms with Gasteiger partial charge in [0, 0.05) is 13.1 Å². The summed E-state index contributed by atoms with van der Waals surface area (Å²) < 4.78 is 25.9. The van der Waals surface area contributed by atoms with Gasteiger partial charge in [-0.2, -0.15) is 0 Å². The van der Waals surface area contributed by atoms with Crippen LogP contribution in [0.2, 0.25) is 0 Å². The maximum absolute atomic E-state index is 13.1. The van der Waals surface area contributed by atoms with Crippen molar-refractivity contribution in [3.8, 4) is 0 Å². The second kappa shape index (κ2) is 5.33. The standard InChI is InChI=1S/C14H19F2NO/c1-14(18)5-2-7-17(8-6-14)10-11-3-4-12(15)13(16)9-11/h3-4,9,18H,2,5-8,10H2,1H3. The fourth-order valence-corrected chi connectivity index (χ4v) is 2.37. The zero-order valence-corrected chi connectivity index (χ0v) is 10.6. The smallest absolute Gasteiger partial charge is 0.159 e. The van der Waals surface area contributed by atoms with Crippen LogP contribution >= 0.6 is 0 Å². The number of halogens is 2. The van der Waals surface area contributed by atoms with Gasteiger partial charge in [0.15, 0.2) is 11.6 Å². The summed E-state index contributed by atoms with van der Waals surface area (Å²) >= 11 is 0. The molecule has 1 atom stereocenters. The van der Waals surface area contributed by atoms with Gasteiger partial charge in [-0.25, -0.2) is 8.78 Å². The molecule has 18 heavy (non-hydrogen) atoms. The molecule has 0 bridgehead atoms. The van der Waals surface area contributed by atoms with E-state index in [4.69, 9.17) is 0 Å². The van der Waals surface area contributed by atoms with Crippen LogP contribution in [0.1, 0.15) is 31.7 Å². The Hall–Kier alpha value is -1.00. The van der Waals surface area contributed by atoms with Crippen molar-refractivity contribution < 1.29 is 13.9 Å². The topological polar surface area (TPSA) is 23.5 Å². The average molecular weight is 255 g/mol. The van der Waals surface area contributed by atoms with Crippen molar-refractivity contribution in [2.24, 2.45) is 0 Å². The Morgan fingerprint density at radius 1 is 1.22 bits per heavy atom. The first-order valence-corrected chi connectivity index (χ1v) is 6.35. The molecule has 0 aliphatic carbocycles. The number of likely N-dealkylation sites (tertiary alicyclic amines) is 1. The first kappa shape index (κ1) is 13.4. The Morgan fingerprint density at radius 3 is 2.72 bits per heavy atom. The van der Waals surface area contributed by atoms with E-state index in [2.05, 4.69) is 4.90 Å². The average Bonchev–Trinajstić information content (AvgIpc) is 2.46. The summed E-state index contributed by atoms with van der Waals surface area (Å²) in [7, 11) is 0. The number of benzene rings is 1. The normalized spacial score (nSPS) is 26.0. The summed E-state index contributed by atoms with van der Waals surface area (Å²) in [5, 5.41) is 9.98. The molecule has 0 amide bonds. The van der Waals surface area contributed by atoms with Gasteiger partial charge in [0.1, 0.15) is 0 Å². The Bertz CT molecular complexity index is 420. The second-order valence-electron chi connectivity index (χ2n) is 5.38. The molecule has 1 aromatic carbocycles. The third-order valence-corrected chi connectivity index (χ3v) is 3.55. The minimum Gasteiger partial charge on any atom is -0.390 e. The van der Waals surface area contributed by atoms with Gasteiger partial charge in [-0.1, -0.05) is 6.07 Å². The molecule has 1 fully saturated rings. The largest absolute Gasteiger partial charge is 0.390 e. The molecule has 1 heterocycles. The van der Waals surface area contributed by atoms with E-state index < -0.39 is 17.2 Å². The summed E-state index contributed by atoms with van der Waals surface area (Å²) in [6, 6.07) is 4.03. The van der Waals surface area contributed by atoms with Crippen LogP contribution in [0.3, 0.4) is 0 Å². The molecule has 0 spiro atoms. The zero-order valence-electron chi connectivity index (χ0n) is 10.6. The third-order valence-electron chi connectivity index (χ3n) is 3.55. The first-order valence-electron chi connectivity index (χ1n) is 6.35. The summed E-state index contributed by atoms with van der Waals surface area (Å²) in [6.07, 6.45) is 2.44. The van der Waals surface area contributed by atoms with Gasteiger partial charge in [0.25, 0.3) is 0 Å². The van der Waals surface area contributed by atoms with Crippen LogP contribution < -0.4 is 0 Å². The maximum Gasteiger partial charge on any atom is 0.159 e. The molecule has 1 aliphatic heterocycles. The molecule has 1 aliphatic rings. The van der Waals surface area contributed by atoms with Gasteiger partial charge in [-0.3, -0.25) is 4.90 Å². The minimum atomic E-state index is -0.808. The molecule has 0 aromatic heterocycles. The van der Waals surface area contributed by atoms with Gasteiger partial charge in [0.05, 0.1) is 5.60 Å². The Balaban J connectivity index is 1.98. The lowest BCUT2D eigenvalue weighted by molar-refractivity contribution is 0.0444. The molecule has 1 aromatic rings. The van der Waals surface area contributed by atoms with Crippen LogP contribution in [-0.4, -0.2) is 28.7 Å². The van der Waals surface area contributed by atoms with E-state index in [1.54, 1.807) is 6.07 Å². The zero-order chi connectivity index (χ0) is 13.2. The van der Waals surface area contributed by atoms with Gasteiger partial charge >= 0.3 is 0 Å². The highest BCUT2D eigenvalue weighted by Gasteiger charge is 2.24. The SMILES string of the molecule is CC1(O)CCCN(Cc2ccc(F)c(F)c2)CC1. The molecule has 2 rings (SSSR count). The summed E-state index contributed by atoms with van der Waals surface area (Å²) in [5.41, 5.74) is 0.179. The summed E-state index contributed by atoms with van der Waals surface area (Å²) in [6.45, 7) is 4.13. The van der Waals surface area contributed by atoms with E-state index in [9.17, 15) is 13.9 Å². The van der Waals surface area contributed by atoms with Crippen LogP contribution in [0.4, 0.5) is 8.78 Å². The van der Waals surface area contributed by atoms with Crippen molar-refractivity contribution >= 4 is 0 Å². The van der Waals surface area contributed by atoms with Crippen LogP contribution in [0.15, 0.2) is 18.2 Å². The van der Waals surface area contributed by atoms with Gasteiger partial charge < -0.3 is 5.11 Å². The van der Waals surface area contributed by atoms with E-state index >= 15 is 0 Å². The highest BCUT2D eigenvalue weighted by Crippen LogP contribution is 2.22. The fraction of sp³-hybridized carbons (Fsp3) is 0.571. The van der Waals surface area contributed by atoms with Crippen LogP contribution in [0.5, 0.6) is 0 Å². The van der Waals surface area contributed by atoms with Crippen molar-refractivity contribution in [2.45, 2.75) is 38.3 Å². The quantitative estimate of drug-likeness (QED) is 0.878. The molecule has 1 saturated heterocycles. The van der Waals surface area contributed by atoms with E-state index in [0.717, 1.165) is 37.9 Å². The van der Waals surface area contributed by atoms with Gasteiger partial charge in [-0.15, -0.1) is 0 Å². The molecule has 1 unspecified atom stereocenters. The lowest BCUT2D eigenvalue weighted by atomic mass is 9.98. The molecule has 0 radical (unpaired) electrons.